The van der Waals surface area contributed by atoms with Gasteiger partial charge in [-0.2, -0.15) is 0 Å². The number of hydrogen-bond acceptors (Lipinski definition) is 3. The number of carbonyl (C=O) groups is 2. The van der Waals surface area contributed by atoms with E-state index in [-0.39, 0.29) is 22.6 Å². The van der Waals surface area contributed by atoms with Crippen LogP contribution in [-0.2, 0) is 0 Å². The van der Waals surface area contributed by atoms with Crippen molar-refractivity contribution in [1.82, 2.24) is 0 Å². The van der Waals surface area contributed by atoms with E-state index in [2.05, 4.69) is 37.2 Å². The van der Waals surface area contributed by atoms with Gasteiger partial charge in [0.25, 0.3) is 5.91 Å². The van der Waals surface area contributed by atoms with Gasteiger partial charge in [0, 0.05) is 8.95 Å². The normalized spacial score (nSPS) is 10.2. The van der Waals surface area contributed by atoms with Gasteiger partial charge in [0.05, 0.1) is 16.8 Å². The second-order valence-electron chi connectivity index (χ2n) is 4.11. The molecule has 21 heavy (non-hydrogen) atoms. The quantitative estimate of drug-likeness (QED) is 0.711. The fourth-order valence-corrected chi connectivity index (χ4v) is 2.41. The molecule has 5 nitrogen and oxygen atoms in total. The molecule has 2 aromatic rings. The van der Waals surface area contributed by atoms with Gasteiger partial charge in [-0.25, -0.2) is 4.79 Å². The van der Waals surface area contributed by atoms with Crippen LogP contribution >= 0.6 is 31.9 Å². The molecule has 0 saturated carbocycles. The number of amides is 1. The van der Waals surface area contributed by atoms with E-state index in [1.54, 1.807) is 12.1 Å². The summed E-state index contributed by atoms with van der Waals surface area (Å²) in [5, 5.41) is 21.3. The van der Waals surface area contributed by atoms with Crippen LogP contribution in [0.4, 0.5) is 5.69 Å². The highest BCUT2D eigenvalue weighted by Gasteiger charge is 2.16. The average molecular weight is 415 g/mol. The maximum Gasteiger partial charge on any atom is 0.337 e. The second-order valence-corrected chi connectivity index (χ2v) is 5.94. The topological polar surface area (TPSA) is 86.6 Å². The van der Waals surface area contributed by atoms with Gasteiger partial charge in [-0.15, -0.1) is 0 Å². The Morgan fingerprint density at radius 1 is 0.952 bits per heavy atom. The Morgan fingerprint density at radius 2 is 1.57 bits per heavy atom. The lowest BCUT2D eigenvalue weighted by Gasteiger charge is -2.10. The predicted molar refractivity (Wildman–Crippen MR) is 84.9 cm³/mol. The van der Waals surface area contributed by atoms with E-state index in [0.717, 1.165) is 0 Å². The number of nitrogens with one attached hydrogen (secondary N) is 1. The summed E-state index contributed by atoms with van der Waals surface area (Å²) in [5.41, 5.74) is 0.142. The van der Waals surface area contributed by atoms with Crippen molar-refractivity contribution >= 4 is 49.4 Å². The van der Waals surface area contributed by atoms with Crippen molar-refractivity contribution in [3.05, 3.63) is 56.5 Å². The van der Waals surface area contributed by atoms with Gasteiger partial charge in [0.15, 0.2) is 0 Å². The molecular formula is C14H9Br2NO4. The number of aromatic carboxylic acids is 1. The Balaban J connectivity index is 2.38. The fourth-order valence-electron chi connectivity index (χ4n) is 1.69. The Kier molecular flexibility index (Phi) is 4.64. The van der Waals surface area contributed by atoms with Crippen molar-refractivity contribution < 1.29 is 19.8 Å². The lowest BCUT2D eigenvalue weighted by molar-refractivity contribution is 0.0698. The highest BCUT2D eigenvalue weighted by molar-refractivity contribution is 9.10. The molecule has 7 heteroatoms. The molecule has 0 aliphatic rings. The van der Waals surface area contributed by atoms with Gasteiger partial charge in [-0.1, -0.05) is 31.9 Å². The molecule has 3 N–H and O–H groups in total. The van der Waals surface area contributed by atoms with Crippen LogP contribution in [0.2, 0.25) is 0 Å². The average Bonchev–Trinajstić information content (AvgIpc) is 2.41. The van der Waals surface area contributed by atoms with Crippen LogP contribution in [0.1, 0.15) is 20.7 Å². The number of carbonyl (C=O) groups excluding carboxylic acids is 1. The SMILES string of the molecule is O=C(Nc1cc(Br)ccc1C(=O)O)c1cc(Br)ccc1O. The second kappa shape index (κ2) is 6.28. The molecule has 0 aliphatic heterocycles. The summed E-state index contributed by atoms with van der Waals surface area (Å²) in [6.07, 6.45) is 0. The van der Waals surface area contributed by atoms with Gasteiger partial charge >= 0.3 is 5.97 Å². The van der Waals surface area contributed by atoms with E-state index >= 15 is 0 Å². The van der Waals surface area contributed by atoms with Gasteiger partial charge in [0.1, 0.15) is 5.75 Å². The maximum atomic E-state index is 12.2. The van der Waals surface area contributed by atoms with Crippen molar-refractivity contribution in [1.29, 1.82) is 0 Å². The van der Waals surface area contributed by atoms with Crippen LogP contribution in [0.5, 0.6) is 5.75 Å². The van der Waals surface area contributed by atoms with E-state index in [0.29, 0.717) is 8.95 Å². The summed E-state index contributed by atoms with van der Waals surface area (Å²) in [4.78, 5) is 23.3. The molecule has 0 aromatic heterocycles. The first-order chi connectivity index (χ1) is 9.88. The third kappa shape index (κ3) is 3.62. The van der Waals surface area contributed by atoms with Gasteiger partial charge in [-0.3, -0.25) is 4.79 Å². The summed E-state index contributed by atoms with van der Waals surface area (Å²) >= 11 is 6.42. The largest absolute Gasteiger partial charge is 0.507 e. The van der Waals surface area contributed by atoms with Crippen molar-refractivity contribution in [2.75, 3.05) is 5.32 Å². The molecular weight excluding hydrogens is 406 g/mol. The van der Waals surface area contributed by atoms with Crippen LogP contribution < -0.4 is 5.32 Å². The predicted octanol–water partition coefficient (Wildman–Crippen LogP) is 3.87. The molecule has 108 valence electrons. The van der Waals surface area contributed by atoms with E-state index in [9.17, 15) is 14.7 Å². The molecule has 0 fully saturated rings. The van der Waals surface area contributed by atoms with Crippen LogP contribution in [-0.4, -0.2) is 22.1 Å². The number of rotatable bonds is 3. The Labute approximate surface area is 136 Å². The standard InChI is InChI=1S/C14H9Br2NO4/c15-7-2-4-12(18)10(5-7)13(19)17-11-6-8(16)1-3-9(11)14(20)21/h1-6,18H,(H,17,19)(H,20,21). The van der Waals surface area contributed by atoms with Gasteiger partial charge in [0.2, 0.25) is 0 Å². The summed E-state index contributed by atoms with van der Waals surface area (Å²) in [7, 11) is 0. The molecule has 2 aromatic carbocycles. The molecule has 0 aliphatic carbocycles. The first-order valence-electron chi connectivity index (χ1n) is 5.71. The molecule has 0 bridgehead atoms. The Hall–Kier alpha value is -1.86. The Morgan fingerprint density at radius 3 is 2.24 bits per heavy atom. The molecule has 2 rings (SSSR count). The Bertz CT molecular complexity index is 731. The lowest BCUT2D eigenvalue weighted by Crippen LogP contribution is -2.15. The lowest BCUT2D eigenvalue weighted by atomic mass is 10.1. The smallest absolute Gasteiger partial charge is 0.337 e. The van der Waals surface area contributed by atoms with Gasteiger partial charge < -0.3 is 15.5 Å². The van der Waals surface area contributed by atoms with Crippen LogP contribution in [0.15, 0.2) is 45.3 Å². The first-order valence-corrected chi connectivity index (χ1v) is 7.30. The third-order valence-electron chi connectivity index (χ3n) is 2.66. The highest BCUT2D eigenvalue weighted by Crippen LogP contribution is 2.25. The summed E-state index contributed by atoms with van der Waals surface area (Å²) in [6, 6.07) is 8.84. The molecule has 1 amide bonds. The summed E-state index contributed by atoms with van der Waals surface area (Å²) in [6.45, 7) is 0. The van der Waals surface area contributed by atoms with E-state index < -0.39 is 11.9 Å². The third-order valence-corrected chi connectivity index (χ3v) is 3.65. The number of hydrogen-bond donors (Lipinski definition) is 3. The molecule has 0 spiro atoms. The monoisotopic (exact) mass is 413 g/mol. The number of benzene rings is 2. The highest BCUT2D eigenvalue weighted by atomic mass is 79.9. The number of aromatic hydroxyl groups is 1. The minimum Gasteiger partial charge on any atom is -0.507 e. The zero-order valence-corrected chi connectivity index (χ0v) is 13.6. The van der Waals surface area contributed by atoms with Gasteiger partial charge in [-0.05, 0) is 36.4 Å². The molecule has 0 atom stereocenters. The zero-order valence-electron chi connectivity index (χ0n) is 10.4. The van der Waals surface area contributed by atoms with E-state index in [4.69, 9.17) is 5.11 Å². The maximum absolute atomic E-state index is 12.2. The number of halogens is 2. The van der Waals surface area contributed by atoms with Crippen molar-refractivity contribution in [2.24, 2.45) is 0 Å². The minimum atomic E-state index is -1.16. The first kappa shape index (κ1) is 15.5. The molecule has 0 unspecified atom stereocenters. The fraction of sp³-hybridized carbons (Fsp3) is 0. The number of phenolic OH excluding ortho intramolecular Hbond substituents is 1. The molecule has 0 saturated heterocycles. The van der Waals surface area contributed by atoms with Crippen molar-refractivity contribution in [2.45, 2.75) is 0 Å². The minimum absolute atomic E-state index is 0.0407. The van der Waals surface area contributed by atoms with Crippen LogP contribution in [0.25, 0.3) is 0 Å². The van der Waals surface area contributed by atoms with Crippen molar-refractivity contribution in [3.8, 4) is 5.75 Å². The molecule has 0 radical (unpaired) electrons. The van der Waals surface area contributed by atoms with Crippen molar-refractivity contribution in [3.63, 3.8) is 0 Å². The van der Waals surface area contributed by atoms with E-state index in [1.165, 1.54) is 24.3 Å². The number of carboxylic acid groups (broad SMARTS) is 1. The number of anilines is 1. The van der Waals surface area contributed by atoms with Crippen LogP contribution in [0, 0.1) is 0 Å². The summed E-state index contributed by atoms with van der Waals surface area (Å²) < 4.78 is 1.25. The number of phenols is 1. The zero-order chi connectivity index (χ0) is 15.6. The van der Waals surface area contributed by atoms with Crippen LogP contribution in [0.3, 0.4) is 0 Å². The molecule has 0 heterocycles. The summed E-state index contributed by atoms with van der Waals surface area (Å²) in [5.74, 6) is -1.95. The van der Waals surface area contributed by atoms with E-state index in [1.807, 2.05) is 0 Å². The number of carboxylic acids is 1.